The first-order valence-electron chi connectivity index (χ1n) is 8.48. The third-order valence-corrected chi connectivity index (χ3v) is 5.54. The molecule has 0 atom stereocenters. The van der Waals surface area contributed by atoms with E-state index in [2.05, 4.69) is 20.5 Å². The second-order valence-corrected chi connectivity index (χ2v) is 8.30. The van der Waals surface area contributed by atoms with Crippen molar-refractivity contribution >= 4 is 33.3 Å². The second kappa shape index (κ2) is 7.03. The first kappa shape index (κ1) is 18.9. The summed E-state index contributed by atoms with van der Waals surface area (Å²) in [6, 6.07) is 5.17. The summed E-state index contributed by atoms with van der Waals surface area (Å²) in [5.74, 6) is -0.253. The number of amides is 2. The molecule has 2 amide bonds. The van der Waals surface area contributed by atoms with E-state index in [4.69, 9.17) is 0 Å². The lowest BCUT2D eigenvalue weighted by Crippen LogP contribution is -2.33. The summed E-state index contributed by atoms with van der Waals surface area (Å²) < 4.78 is 28.3. The zero-order valence-electron chi connectivity index (χ0n) is 15.3. The zero-order chi connectivity index (χ0) is 19.8. The molecule has 144 valence electrons. The van der Waals surface area contributed by atoms with Gasteiger partial charge < -0.3 is 10.6 Å². The molecule has 3 rings (SSSR count). The van der Waals surface area contributed by atoms with Gasteiger partial charge in [0.2, 0.25) is 15.9 Å². The van der Waals surface area contributed by atoms with Gasteiger partial charge in [0.25, 0.3) is 5.91 Å². The Morgan fingerprint density at radius 2 is 2.07 bits per heavy atom. The predicted octanol–water partition coefficient (Wildman–Crippen LogP) is 1.09. The van der Waals surface area contributed by atoms with E-state index in [0.29, 0.717) is 35.6 Å². The number of nitrogens with one attached hydrogen (secondary N) is 3. The molecule has 1 aliphatic rings. The summed E-state index contributed by atoms with van der Waals surface area (Å²) in [7, 11) is -1.83. The van der Waals surface area contributed by atoms with Crippen molar-refractivity contribution < 1.29 is 18.0 Å². The molecular formula is C17H21N5O4S. The monoisotopic (exact) mass is 391 g/mol. The molecule has 0 saturated carbocycles. The van der Waals surface area contributed by atoms with Crippen molar-refractivity contribution in [2.75, 3.05) is 22.3 Å². The van der Waals surface area contributed by atoms with E-state index in [0.717, 1.165) is 5.56 Å². The molecule has 0 saturated heterocycles. The minimum absolute atomic E-state index is 0.105. The average molecular weight is 391 g/mol. The summed E-state index contributed by atoms with van der Waals surface area (Å²) in [4.78, 5) is 23.6. The lowest BCUT2D eigenvalue weighted by atomic mass is 9.95. The lowest BCUT2D eigenvalue weighted by Gasteiger charge is -2.21. The molecule has 0 bridgehead atoms. The molecule has 0 unspecified atom stereocenters. The van der Waals surface area contributed by atoms with Gasteiger partial charge in [0.1, 0.15) is 0 Å². The smallest absolute Gasteiger partial charge is 0.253 e. The number of carbonyl (C=O) groups excluding carboxylic acids is 2. The van der Waals surface area contributed by atoms with Gasteiger partial charge in [-0.1, -0.05) is 0 Å². The maximum Gasteiger partial charge on any atom is 0.253 e. The van der Waals surface area contributed by atoms with E-state index < -0.39 is 10.0 Å². The van der Waals surface area contributed by atoms with E-state index in [1.54, 1.807) is 23.9 Å². The summed E-state index contributed by atoms with van der Waals surface area (Å²) in [6.45, 7) is 3.40. The molecular weight excluding hydrogens is 370 g/mol. The number of hydrogen-bond acceptors (Lipinski definition) is 5. The van der Waals surface area contributed by atoms with Crippen LogP contribution in [0.4, 0.5) is 11.5 Å². The fourth-order valence-corrected chi connectivity index (χ4v) is 3.65. The number of benzene rings is 1. The summed E-state index contributed by atoms with van der Waals surface area (Å²) in [5.41, 5.74) is 2.72. The molecule has 9 nitrogen and oxygen atoms in total. The Labute approximate surface area is 157 Å². The normalized spacial score (nSPS) is 13.7. The van der Waals surface area contributed by atoms with Crippen molar-refractivity contribution in [1.82, 2.24) is 15.1 Å². The number of nitrogens with zero attached hydrogens (tertiary/aromatic N) is 2. The maximum atomic E-state index is 12.3. The van der Waals surface area contributed by atoms with Gasteiger partial charge >= 0.3 is 0 Å². The SMILES string of the molecule is CCS(=O)(=O)Nc1cc(-c2cc(NC(C)=O)nn2C)cc2c1C(=O)NCC2. The lowest BCUT2D eigenvalue weighted by molar-refractivity contribution is -0.114. The van der Waals surface area contributed by atoms with Crippen LogP contribution in [0.25, 0.3) is 11.3 Å². The van der Waals surface area contributed by atoms with Crippen LogP contribution in [0.5, 0.6) is 0 Å². The van der Waals surface area contributed by atoms with Crippen molar-refractivity contribution in [1.29, 1.82) is 0 Å². The minimum Gasteiger partial charge on any atom is -0.352 e. The van der Waals surface area contributed by atoms with Gasteiger partial charge in [-0.25, -0.2) is 8.42 Å². The van der Waals surface area contributed by atoms with Gasteiger partial charge in [0, 0.05) is 32.1 Å². The average Bonchev–Trinajstić information content (AvgIpc) is 2.94. The Morgan fingerprint density at radius 3 is 2.74 bits per heavy atom. The van der Waals surface area contributed by atoms with Crippen LogP contribution in [0.15, 0.2) is 18.2 Å². The molecule has 10 heteroatoms. The maximum absolute atomic E-state index is 12.3. The fourth-order valence-electron chi connectivity index (χ4n) is 3.01. The Hall–Kier alpha value is -2.88. The highest BCUT2D eigenvalue weighted by atomic mass is 32.2. The molecule has 1 aromatic carbocycles. The number of hydrogen-bond donors (Lipinski definition) is 3. The quantitative estimate of drug-likeness (QED) is 0.704. The number of fused-ring (bicyclic) bond motifs is 1. The summed E-state index contributed by atoms with van der Waals surface area (Å²) >= 11 is 0. The van der Waals surface area contributed by atoms with Gasteiger partial charge in [0.15, 0.2) is 5.82 Å². The molecule has 27 heavy (non-hydrogen) atoms. The Morgan fingerprint density at radius 1 is 1.33 bits per heavy atom. The molecule has 0 fully saturated rings. The van der Waals surface area contributed by atoms with Crippen molar-refractivity contribution in [2.45, 2.75) is 20.3 Å². The summed E-state index contributed by atoms with van der Waals surface area (Å²) in [5, 5.41) is 9.60. The van der Waals surface area contributed by atoms with Crippen molar-refractivity contribution in [2.24, 2.45) is 7.05 Å². The number of aryl methyl sites for hydroxylation is 1. The third kappa shape index (κ3) is 3.95. The molecule has 2 aromatic rings. The van der Waals surface area contributed by atoms with Crippen LogP contribution in [0.2, 0.25) is 0 Å². The van der Waals surface area contributed by atoms with Crippen molar-refractivity contribution in [3.05, 3.63) is 29.3 Å². The van der Waals surface area contributed by atoms with Gasteiger partial charge in [-0.05, 0) is 31.0 Å². The van der Waals surface area contributed by atoms with Gasteiger partial charge in [-0.3, -0.25) is 19.0 Å². The second-order valence-electron chi connectivity index (χ2n) is 6.29. The molecule has 3 N–H and O–H groups in total. The first-order chi connectivity index (χ1) is 12.7. The number of sulfonamides is 1. The number of aromatic nitrogens is 2. The Bertz CT molecular complexity index is 1030. The van der Waals surface area contributed by atoms with E-state index >= 15 is 0 Å². The molecule has 1 aromatic heterocycles. The highest BCUT2D eigenvalue weighted by Gasteiger charge is 2.24. The van der Waals surface area contributed by atoms with Crippen LogP contribution in [0.3, 0.4) is 0 Å². The molecule has 1 aliphatic heterocycles. The van der Waals surface area contributed by atoms with Crippen LogP contribution in [-0.2, 0) is 28.3 Å². The topological polar surface area (TPSA) is 122 Å². The molecule has 0 spiro atoms. The third-order valence-electron chi connectivity index (χ3n) is 4.25. The standard InChI is InChI=1S/C17H21N5O4S/c1-4-27(25,26)21-13-8-12(7-11-5-6-18-17(24)16(11)13)14-9-15(19-10(2)23)20-22(14)3/h7-9,21H,4-6H2,1-3H3,(H,18,24)(H,19,20,23). The van der Waals surface area contributed by atoms with Gasteiger partial charge in [-0.2, -0.15) is 5.10 Å². The fraction of sp³-hybridized carbons (Fsp3) is 0.353. The zero-order valence-corrected chi connectivity index (χ0v) is 16.1. The van der Waals surface area contributed by atoms with Crippen molar-refractivity contribution in [3.8, 4) is 11.3 Å². The van der Waals surface area contributed by atoms with Crippen LogP contribution >= 0.6 is 0 Å². The number of anilines is 2. The van der Waals surface area contributed by atoms with Crippen molar-refractivity contribution in [3.63, 3.8) is 0 Å². The Kier molecular flexibility index (Phi) is 4.92. The van der Waals surface area contributed by atoms with Crippen LogP contribution in [0, 0.1) is 0 Å². The van der Waals surface area contributed by atoms with E-state index in [-0.39, 0.29) is 23.3 Å². The van der Waals surface area contributed by atoms with Gasteiger partial charge in [-0.15, -0.1) is 0 Å². The number of carbonyl (C=O) groups is 2. The minimum atomic E-state index is -3.56. The number of rotatable bonds is 5. The highest BCUT2D eigenvalue weighted by molar-refractivity contribution is 7.92. The Balaban J connectivity index is 2.14. The molecule has 0 aliphatic carbocycles. The largest absolute Gasteiger partial charge is 0.352 e. The molecule has 0 radical (unpaired) electrons. The van der Waals surface area contributed by atoms with Crippen LogP contribution in [-0.4, -0.2) is 42.3 Å². The van der Waals surface area contributed by atoms with Gasteiger partial charge in [0.05, 0.1) is 22.7 Å². The highest BCUT2D eigenvalue weighted by Crippen LogP contribution is 2.32. The molecule has 2 heterocycles. The van der Waals surface area contributed by atoms with E-state index in [1.165, 1.54) is 13.8 Å². The summed E-state index contributed by atoms with van der Waals surface area (Å²) in [6.07, 6.45) is 0.589. The van der Waals surface area contributed by atoms with Crippen LogP contribution < -0.4 is 15.4 Å². The van der Waals surface area contributed by atoms with Crippen LogP contribution in [0.1, 0.15) is 29.8 Å². The first-order valence-corrected chi connectivity index (χ1v) is 10.1. The van der Waals surface area contributed by atoms with E-state index in [1.807, 2.05) is 6.07 Å². The van der Waals surface area contributed by atoms with E-state index in [9.17, 15) is 18.0 Å². The predicted molar refractivity (Wildman–Crippen MR) is 102 cm³/mol.